The van der Waals surface area contributed by atoms with E-state index in [-0.39, 0.29) is 5.41 Å². The van der Waals surface area contributed by atoms with E-state index >= 15 is 0 Å². The van der Waals surface area contributed by atoms with Crippen molar-refractivity contribution in [2.45, 2.75) is 25.2 Å². The van der Waals surface area contributed by atoms with Crippen LogP contribution >= 0.6 is 34.8 Å². The maximum Gasteiger partial charge on any atom is 0.0624 e. The highest BCUT2D eigenvalue weighted by Gasteiger charge is 2.32. The molecule has 0 fully saturated rings. The molecule has 2 rings (SSSR count). The maximum atomic E-state index is 6.29. The topological polar surface area (TPSA) is 17.8 Å². The highest BCUT2D eigenvalue weighted by molar-refractivity contribution is 6.30. The fourth-order valence-corrected chi connectivity index (χ4v) is 3.36. The summed E-state index contributed by atoms with van der Waals surface area (Å²) < 4.78 is 1.92. The van der Waals surface area contributed by atoms with Gasteiger partial charge >= 0.3 is 0 Å². The van der Waals surface area contributed by atoms with E-state index in [0.29, 0.717) is 16.8 Å². The minimum Gasteiger partial charge on any atom is -0.272 e. The van der Waals surface area contributed by atoms with E-state index in [0.717, 1.165) is 29.8 Å². The molecular weight excluding hydrogens is 327 g/mol. The number of benzene rings is 1. The van der Waals surface area contributed by atoms with E-state index < -0.39 is 0 Å². The fraction of sp³-hybridized carbons (Fsp3) is 0.438. The normalized spacial score (nSPS) is 11.9. The van der Waals surface area contributed by atoms with Gasteiger partial charge in [-0.2, -0.15) is 5.10 Å². The third kappa shape index (κ3) is 3.56. The SMILES string of the molecule is CCc1cc(CC(CCl)(CCl)c2ccc(Cl)cc2)n(C)n1. The number of hydrogen-bond acceptors (Lipinski definition) is 1. The minimum absolute atomic E-state index is 0.313. The van der Waals surface area contributed by atoms with Gasteiger partial charge in [0.05, 0.1) is 5.69 Å². The number of aryl methyl sites for hydroxylation is 2. The van der Waals surface area contributed by atoms with Crippen molar-refractivity contribution < 1.29 is 0 Å². The predicted octanol–water partition coefficient (Wildman–Crippen LogP) is 4.59. The Hall–Kier alpha value is -0.700. The molecule has 0 unspecified atom stereocenters. The Bertz CT molecular complexity index is 586. The third-order valence-corrected chi connectivity index (χ3v) is 5.15. The Morgan fingerprint density at radius 1 is 1.14 bits per heavy atom. The van der Waals surface area contributed by atoms with Gasteiger partial charge < -0.3 is 0 Å². The summed E-state index contributed by atoms with van der Waals surface area (Å²) in [4.78, 5) is 0. The van der Waals surface area contributed by atoms with Gasteiger partial charge in [0, 0.05) is 41.4 Å². The number of hydrogen-bond donors (Lipinski definition) is 0. The van der Waals surface area contributed by atoms with Crippen LogP contribution in [0, 0.1) is 0 Å². The highest BCUT2D eigenvalue weighted by atomic mass is 35.5. The van der Waals surface area contributed by atoms with Crippen molar-refractivity contribution in [3.05, 3.63) is 52.3 Å². The van der Waals surface area contributed by atoms with Crippen LogP contribution in [0.5, 0.6) is 0 Å². The molecule has 0 atom stereocenters. The van der Waals surface area contributed by atoms with Gasteiger partial charge in [-0.15, -0.1) is 23.2 Å². The molecule has 1 heterocycles. The number of rotatable bonds is 6. The zero-order chi connectivity index (χ0) is 15.5. The fourth-order valence-electron chi connectivity index (χ4n) is 2.45. The molecule has 0 aliphatic heterocycles. The lowest BCUT2D eigenvalue weighted by Gasteiger charge is -2.30. The summed E-state index contributed by atoms with van der Waals surface area (Å²) in [6, 6.07) is 9.90. The Balaban J connectivity index is 2.37. The second kappa shape index (κ2) is 7.04. The van der Waals surface area contributed by atoms with Crippen molar-refractivity contribution in [3.8, 4) is 0 Å². The van der Waals surface area contributed by atoms with Crippen LogP contribution in [0.4, 0.5) is 0 Å². The molecule has 0 amide bonds. The average molecular weight is 346 g/mol. The molecule has 0 radical (unpaired) electrons. The number of aromatic nitrogens is 2. The van der Waals surface area contributed by atoms with Crippen molar-refractivity contribution in [2.75, 3.05) is 11.8 Å². The lowest BCUT2D eigenvalue weighted by atomic mass is 9.80. The van der Waals surface area contributed by atoms with Crippen LogP contribution in [0.25, 0.3) is 0 Å². The molecule has 0 saturated carbocycles. The van der Waals surface area contributed by atoms with Crippen molar-refractivity contribution in [3.63, 3.8) is 0 Å². The summed E-state index contributed by atoms with van der Waals surface area (Å²) in [7, 11) is 1.96. The lowest BCUT2D eigenvalue weighted by Crippen LogP contribution is -2.34. The van der Waals surface area contributed by atoms with Crippen LogP contribution in [0.3, 0.4) is 0 Å². The third-order valence-electron chi connectivity index (χ3n) is 3.88. The predicted molar refractivity (Wildman–Crippen MR) is 90.9 cm³/mol. The molecule has 2 nitrogen and oxygen atoms in total. The zero-order valence-electron chi connectivity index (χ0n) is 12.2. The molecule has 1 aromatic heterocycles. The van der Waals surface area contributed by atoms with E-state index in [9.17, 15) is 0 Å². The standard InChI is InChI=1S/C16H19Cl3N2/c1-3-14-8-15(21(2)20-14)9-16(10-17,11-18)12-4-6-13(19)7-5-12/h4-8H,3,9-11H2,1-2H3. The molecule has 0 saturated heterocycles. The molecule has 114 valence electrons. The minimum atomic E-state index is -0.313. The Morgan fingerprint density at radius 3 is 2.24 bits per heavy atom. The van der Waals surface area contributed by atoms with E-state index in [1.165, 1.54) is 0 Å². The largest absolute Gasteiger partial charge is 0.272 e. The van der Waals surface area contributed by atoms with Crippen molar-refractivity contribution in [1.29, 1.82) is 0 Å². The van der Waals surface area contributed by atoms with Gasteiger partial charge in [0.15, 0.2) is 0 Å². The summed E-state index contributed by atoms with van der Waals surface area (Å²) in [6.45, 7) is 2.10. The molecule has 5 heteroatoms. The van der Waals surface area contributed by atoms with Crippen molar-refractivity contribution >= 4 is 34.8 Å². The van der Waals surface area contributed by atoms with Crippen LogP contribution in [0.2, 0.25) is 5.02 Å². The first kappa shape index (κ1) is 16.7. The Kier molecular flexibility index (Phi) is 5.59. The highest BCUT2D eigenvalue weighted by Crippen LogP contribution is 2.32. The first-order chi connectivity index (χ1) is 10.0. The summed E-state index contributed by atoms with van der Waals surface area (Å²) in [5, 5.41) is 5.21. The molecule has 21 heavy (non-hydrogen) atoms. The van der Waals surface area contributed by atoms with Gasteiger partial charge in [-0.3, -0.25) is 4.68 Å². The molecule has 1 aromatic carbocycles. The van der Waals surface area contributed by atoms with E-state index in [1.54, 1.807) is 0 Å². The molecular formula is C16H19Cl3N2. The van der Waals surface area contributed by atoms with Gasteiger partial charge in [0.2, 0.25) is 0 Å². The Labute approximate surface area is 141 Å². The summed E-state index contributed by atoms with van der Waals surface area (Å²) in [5.74, 6) is 0.898. The first-order valence-electron chi connectivity index (χ1n) is 6.94. The number of alkyl halides is 2. The molecule has 0 aliphatic rings. The zero-order valence-corrected chi connectivity index (χ0v) is 14.5. The van der Waals surface area contributed by atoms with Gasteiger partial charge in [-0.25, -0.2) is 0 Å². The summed E-state index contributed by atoms with van der Waals surface area (Å²) in [6.07, 6.45) is 1.68. The van der Waals surface area contributed by atoms with E-state index in [2.05, 4.69) is 18.1 Å². The molecule has 0 N–H and O–H groups in total. The van der Waals surface area contributed by atoms with Gasteiger partial charge in [-0.1, -0.05) is 30.7 Å². The smallest absolute Gasteiger partial charge is 0.0624 e. The average Bonchev–Trinajstić information content (AvgIpc) is 2.86. The van der Waals surface area contributed by atoms with Crippen LogP contribution < -0.4 is 0 Å². The molecule has 0 bridgehead atoms. The summed E-state index contributed by atoms with van der Waals surface area (Å²) in [5.41, 5.74) is 3.02. The lowest BCUT2D eigenvalue weighted by molar-refractivity contribution is 0.511. The monoisotopic (exact) mass is 344 g/mol. The van der Waals surface area contributed by atoms with E-state index in [4.69, 9.17) is 34.8 Å². The van der Waals surface area contributed by atoms with Crippen molar-refractivity contribution in [1.82, 2.24) is 9.78 Å². The first-order valence-corrected chi connectivity index (χ1v) is 8.39. The number of halogens is 3. The second-order valence-electron chi connectivity index (χ2n) is 5.34. The van der Waals surface area contributed by atoms with Crippen LogP contribution in [0.1, 0.15) is 23.9 Å². The van der Waals surface area contributed by atoms with Gasteiger partial charge in [0.1, 0.15) is 0 Å². The van der Waals surface area contributed by atoms with Crippen LogP contribution in [-0.4, -0.2) is 21.5 Å². The maximum absolute atomic E-state index is 6.29. The van der Waals surface area contributed by atoms with Gasteiger partial charge in [-0.05, 0) is 30.2 Å². The quantitative estimate of drug-likeness (QED) is 0.700. The van der Waals surface area contributed by atoms with Gasteiger partial charge in [0.25, 0.3) is 0 Å². The molecule has 0 spiro atoms. The van der Waals surface area contributed by atoms with Crippen LogP contribution in [0.15, 0.2) is 30.3 Å². The van der Waals surface area contributed by atoms with E-state index in [1.807, 2.05) is 36.0 Å². The summed E-state index contributed by atoms with van der Waals surface area (Å²) >= 11 is 18.6. The number of nitrogens with zero attached hydrogens (tertiary/aromatic N) is 2. The molecule has 2 aromatic rings. The second-order valence-corrected chi connectivity index (χ2v) is 6.31. The van der Waals surface area contributed by atoms with Crippen LogP contribution in [-0.2, 0) is 25.3 Å². The molecule has 0 aliphatic carbocycles. The Morgan fingerprint density at radius 2 is 1.76 bits per heavy atom. The van der Waals surface area contributed by atoms with Crippen molar-refractivity contribution in [2.24, 2.45) is 7.05 Å².